The number of amides is 9. The van der Waals surface area contributed by atoms with Crippen LogP contribution in [0.25, 0.3) is 0 Å². The van der Waals surface area contributed by atoms with Crippen LogP contribution >= 0.6 is 0 Å². The molecule has 2 saturated heterocycles. The van der Waals surface area contributed by atoms with Crippen molar-refractivity contribution in [1.82, 2.24) is 41.7 Å². The molecule has 1 aromatic rings. The Bertz CT molecular complexity index is 2390. The summed E-state index contributed by atoms with van der Waals surface area (Å²) in [6.07, 6.45) is -2.78. The number of nitrogens with zero attached hydrogens (tertiary/aromatic N) is 2. The van der Waals surface area contributed by atoms with E-state index in [0.29, 0.717) is 12.0 Å². The molecule has 0 radical (unpaired) electrons. The van der Waals surface area contributed by atoms with Gasteiger partial charge in [0.2, 0.25) is 53.2 Å². The first-order valence-electron chi connectivity index (χ1n) is 26.3. The lowest BCUT2D eigenvalue weighted by molar-refractivity contribution is -0.145. The number of rotatable bonds is 33. The lowest BCUT2D eigenvalue weighted by Crippen LogP contribution is -2.61. The molecular formula is C51H76N10O18. The van der Waals surface area contributed by atoms with Crippen LogP contribution in [0.2, 0.25) is 0 Å². The number of likely N-dealkylation sites (tertiary alicyclic amines) is 2. The zero-order valence-corrected chi connectivity index (χ0v) is 44.8. The Morgan fingerprint density at radius 2 is 0.937 bits per heavy atom. The number of hydrogen-bond acceptors (Lipinski definition) is 15. The molecule has 0 bridgehead atoms. The quantitative estimate of drug-likeness (QED) is 0.0369. The van der Waals surface area contributed by atoms with Gasteiger partial charge in [0.25, 0.3) is 0 Å². The lowest BCUT2D eigenvalue weighted by Gasteiger charge is -2.32. The van der Waals surface area contributed by atoms with E-state index in [0.717, 1.165) is 4.90 Å². The van der Waals surface area contributed by atoms with E-state index in [9.17, 15) is 82.8 Å². The van der Waals surface area contributed by atoms with Crippen molar-refractivity contribution < 1.29 is 87.9 Å². The second-order valence-corrected chi connectivity index (χ2v) is 20.0. The molecule has 438 valence electrons. The predicted molar refractivity (Wildman–Crippen MR) is 276 cm³/mol. The number of carbonyl (C=O) groups is 13. The fourth-order valence-electron chi connectivity index (χ4n) is 9.11. The molecule has 2 aliphatic rings. The van der Waals surface area contributed by atoms with Crippen LogP contribution in [-0.2, 0) is 68.7 Å². The number of nitrogens with one attached hydrogen (secondary N) is 6. The highest BCUT2D eigenvalue weighted by Crippen LogP contribution is 2.24. The molecular weight excluding hydrogens is 1040 g/mol. The number of carboxylic acids is 4. The third-order valence-corrected chi connectivity index (χ3v) is 14.1. The molecule has 0 saturated carbocycles. The number of aromatic hydroxyl groups is 1. The highest BCUT2D eigenvalue weighted by Gasteiger charge is 2.43. The molecule has 2 aliphatic heterocycles. The SMILES string of the molecule is CC[C@H](C)[C@H](NC(=O)[C@H](CCC(N)=O)NC(=O)[C@@H](NC(=O)[C@H](CCC(=O)O)NC(=O)[C@@H]1CCCN1C(=O)[C@H](CCC(=O)O)NC(=O)[C@@H]1CCCN1C(=O)[C@@H](N)Cc1ccc(O)cc1)[C@@H](C)CC)C(=O)N[C@@H](CCC(=O)O)C(=O)O. The minimum Gasteiger partial charge on any atom is -0.508 e. The second-order valence-electron chi connectivity index (χ2n) is 20.0. The molecule has 2 heterocycles. The van der Waals surface area contributed by atoms with E-state index in [1.807, 2.05) is 0 Å². The number of nitrogens with two attached hydrogens (primary N) is 2. The first-order chi connectivity index (χ1) is 37.2. The van der Waals surface area contributed by atoms with Gasteiger partial charge in [0, 0.05) is 38.8 Å². The average molecular weight is 1120 g/mol. The molecule has 1 aromatic carbocycles. The highest BCUT2D eigenvalue weighted by atomic mass is 16.4. The molecule has 9 amide bonds. The van der Waals surface area contributed by atoms with Gasteiger partial charge in [-0.2, -0.15) is 0 Å². The van der Waals surface area contributed by atoms with E-state index in [4.69, 9.17) is 16.6 Å². The molecule has 0 aliphatic carbocycles. The summed E-state index contributed by atoms with van der Waals surface area (Å²) >= 11 is 0. The highest BCUT2D eigenvalue weighted by molar-refractivity contribution is 5.99. The first kappa shape index (κ1) is 65.4. The zero-order chi connectivity index (χ0) is 59.3. The van der Waals surface area contributed by atoms with Gasteiger partial charge in [-0.25, -0.2) is 4.79 Å². The summed E-state index contributed by atoms with van der Waals surface area (Å²) in [7, 11) is 0. The van der Waals surface area contributed by atoms with Crippen molar-refractivity contribution >= 4 is 77.0 Å². The normalized spacial score (nSPS) is 18.4. The van der Waals surface area contributed by atoms with Gasteiger partial charge in [-0.15, -0.1) is 0 Å². The maximum Gasteiger partial charge on any atom is 0.326 e. The summed E-state index contributed by atoms with van der Waals surface area (Å²) in [4.78, 5) is 173. The van der Waals surface area contributed by atoms with Crippen LogP contribution in [0, 0.1) is 11.8 Å². The number of phenols is 1. The van der Waals surface area contributed by atoms with E-state index >= 15 is 0 Å². The largest absolute Gasteiger partial charge is 0.508 e. The summed E-state index contributed by atoms with van der Waals surface area (Å²) in [5.74, 6) is -14.9. The molecule has 15 N–H and O–H groups in total. The van der Waals surface area contributed by atoms with Crippen LogP contribution in [0.1, 0.15) is 123 Å². The van der Waals surface area contributed by atoms with E-state index in [1.54, 1.807) is 39.8 Å². The summed E-state index contributed by atoms with van der Waals surface area (Å²) < 4.78 is 0. The predicted octanol–water partition coefficient (Wildman–Crippen LogP) is -1.81. The van der Waals surface area contributed by atoms with Crippen LogP contribution in [0.15, 0.2) is 24.3 Å². The lowest BCUT2D eigenvalue weighted by atomic mass is 9.95. The topological polar surface area (TPSA) is 454 Å². The number of benzene rings is 1. The molecule has 0 aromatic heterocycles. The van der Waals surface area contributed by atoms with Crippen molar-refractivity contribution in [3.05, 3.63) is 29.8 Å². The van der Waals surface area contributed by atoms with Crippen molar-refractivity contribution in [2.75, 3.05) is 13.1 Å². The number of phenolic OH excluding ortho intramolecular Hbond substituents is 1. The van der Waals surface area contributed by atoms with Gasteiger partial charge in [-0.3, -0.25) is 57.5 Å². The Morgan fingerprint density at radius 3 is 1.37 bits per heavy atom. The third kappa shape index (κ3) is 20.4. The van der Waals surface area contributed by atoms with E-state index < -0.39 is 195 Å². The Hall–Kier alpha value is -7.91. The number of carboxylic acid groups (broad SMARTS) is 4. The summed E-state index contributed by atoms with van der Waals surface area (Å²) in [5, 5.41) is 62.3. The Balaban J connectivity index is 1.84. The monoisotopic (exact) mass is 1120 g/mol. The molecule has 0 unspecified atom stereocenters. The van der Waals surface area contributed by atoms with Gasteiger partial charge in [0.15, 0.2) is 0 Å². The van der Waals surface area contributed by atoms with Gasteiger partial charge in [0.1, 0.15) is 54.1 Å². The fraction of sp³-hybridized carbons (Fsp3) is 0.627. The molecule has 2 fully saturated rings. The van der Waals surface area contributed by atoms with Gasteiger partial charge in [-0.1, -0.05) is 52.7 Å². The van der Waals surface area contributed by atoms with Crippen molar-refractivity contribution in [2.24, 2.45) is 23.3 Å². The smallest absolute Gasteiger partial charge is 0.326 e. The Labute approximate surface area is 455 Å². The minimum atomic E-state index is -1.66. The van der Waals surface area contributed by atoms with Crippen molar-refractivity contribution in [3.8, 4) is 5.75 Å². The second kappa shape index (κ2) is 31.5. The molecule has 28 nitrogen and oxygen atoms in total. The Morgan fingerprint density at radius 1 is 0.544 bits per heavy atom. The first-order valence-corrected chi connectivity index (χ1v) is 26.3. The molecule has 11 atom stereocenters. The standard InChI is InChI=1S/C51H76N10O18/c1-5-26(3)41(47(74)55-31(15-19-37(53)63)43(70)59-42(27(4)6-2)48(75)57-34(51(78)79)18-22-40(68)69)58-44(71)32(16-20-38(64)65)54-45(72)36-10-8-24-61(36)50(77)33(17-21-39(66)67)56-46(73)35-9-7-23-60(35)49(76)30(52)25-28-11-13-29(62)14-12-28/h11-14,26-27,30-36,41-42,62H,5-10,15-25,52H2,1-4H3,(H2,53,63)(H,54,72)(H,55,74)(H,56,73)(H,57,75)(H,58,71)(H,59,70)(H,64,65)(H,66,67)(H,68,69)(H,78,79)/t26-,27-,30-,31-,32-,33-,34-,35-,36-,41-,42-/m0/s1. The van der Waals surface area contributed by atoms with Crippen molar-refractivity contribution in [1.29, 1.82) is 0 Å². The molecule has 28 heteroatoms. The van der Waals surface area contributed by atoms with Crippen molar-refractivity contribution in [3.63, 3.8) is 0 Å². The van der Waals surface area contributed by atoms with Crippen molar-refractivity contribution in [2.45, 2.75) is 178 Å². The third-order valence-electron chi connectivity index (χ3n) is 14.1. The Kier molecular flexibility index (Phi) is 26.1. The van der Waals surface area contributed by atoms with E-state index in [1.165, 1.54) is 17.0 Å². The number of primary amides is 1. The van der Waals surface area contributed by atoms with Crippen LogP contribution in [0.5, 0.6) is 5.75 Å². The summed E-state index contributed by atoms with van der Waals surface area (Å²) in [6.45, 7) is 6.54. The van der Waals surface area contributed by atoms with Gasteiger partial charge >= 0.3 is 23.9 Å². The number of hydrogen-bond donors (Lipinski definition) is 13. The fourth-order valence-corrected chi connectivity index (χ4v) is 9.11. The average Bonchev–Trinajstić information content (AvgIpc) is 4.11. The number of carbonyl (C=O) groups excluding carboxylic acids is 9. The molecule has 3 rings (SSSR count). The van der Waals surface area contributed by atoms with E-state index in [2.05, 4.69) is 31.9 Å². The molecule has 0 spiro atoms. The van der Waals surface area contributed by atoms with Crippen LogP contribution in [-0.4, -0.2) is 180 Å². The maximum atomic E-state index is 14.3. The summed E-state index contributed by atoms with van der Waals surface area (Å²) in [5.41, 5.74) is 12.3. The van der Waals surface area contributed by atoms with Crippen LogP contribution in [0.4, 0.5) is 0 Å². The van der Waals surface area contributed by atoms with Gasteiger partial charge in [0.05, 0.1) is 6.04 Å². The minimum absolute atomic E-state index is 0.0141. The summed E-state index contributed by atoms with van der Waals surface area (Å²) in [6, 6.07) is -6.79. The number of aliphatic carboxylic acids is 4. The van der Waals surface area contributed by atoms with Gasteiger partial charge in [-0.05, 0) is 87.3 Å². The zero-order valence-electron chi connectivity index (χ0n) is 44.8. The van der Waals surface area contributed by atoms with Crippen LogP contribution < -0.4 is 43.4 Å². The molecule has 79 heavy (non-hydrogen) atoms. The van der Waals surface area contributed by atoms with Gasteiger partial charge < -0.3 is 78.7 Å². The maximum absolute atomic E-state index is 14.3. The van der Waals surface area contributed by atoms with E-state index in [-0.39, 0.29) is 57.4 Å². The van der Waals surface area contributed by atoms with Crippen LogP contribution in [0.3, 0.4) is 0 Å².